The zero-order chi connectivity index (χ0) is 11.1. The van der Waals surface area contributed by atoms with Gasteiger partial charge in [-0.1, -0.05) is 57.0 Å². The molecule has 1 rings (SSSR count). The Kier molecular flexibility index (Phi) is 6.53. The predicted molar refractivity (Wildman–Crippen MR) is 73.5 cm³/mol. The smallest absolute Gasteiger partial charge is 0.0244 e. The number of benzene rings is 1. The molecule has 0 amide bonds. The largest absolute Gasteiger partial charge is 0.299 e. The van der Waals surface area contributed by atoms with E-state index >= 15 is 0 Å². The fourth-order valence-corrected chi connectivity index (χ4v) is 2.16. The minimum atomic E-state index is 1.03. The summed E-state index contributed by atoms with van der Waals surface area (Å²) in [6.45, 7) is 5.51. The molecule has 0 bridgehead atoms. The number of halogens is 2. The second-order valence-electron chi connectivity index (χ2n) is 3.50. The van der Waals surface area contributed by atoms with Gasteiger partial charge in [-0.2, -0.15) is 0 Å². The maximum Gasteiger partial charge on any atom is 0.0244 e. The average Bonchev–Trinajstić information content (AvgIpc) is 2.26. The molecule has 0 N–H and O–H groups in total. The third-order valence-electron chi connectivity index (χ3n) is 2.41. The molecule has 0 spiro atoms. The van der Waals surface area contributed by atoms with Crippen molar-refractivity contribution in [3.8, 4) is 0 Å². The Bertz CT molecular complexity index is 289. The van der Waals surface area contributed by atoms with E-state index in [1.807, 2.05) is 0 Å². The standard InChI is InChI=1S/C12H17Br2N/c1-2-15(9-5-8-13)10-11-6-3-4-7-12(11)14/h3-4,6-7H,2,5,8-10H2,1H3. The topological polar surface area (TPSA) is 3.24 Å². The number of nitrogens with zero attached hydrogens (tertiary/aromatic N) is 1. The minimum Gasteiger partial charge on any atom is -0.299 e. The van der Waals surface area contributed by atoms with Gasteiger partial charge in [0.1, 0.15) is 0 Å². The molecule has 0 saturated heterocycles. The molecule has 1 aromatic rings. The Morgan fingerprint density at radius 3 is 2.60 bits per heavy atom. The van der Waals surface area contributed by atoms with Crippen molar-refractivity contribution < 1.29 is 0 Å². The van der Waals surface area contributed by atoms with Gasteiger partial charge in [0, 0.05) is 16.3 Å². The third kappa shape index (κ3) is 4.66. The lowest BCUT2D eigenvalue weighted by molar-refractivity contribution is 0.281. The lowest BCUT2D eigenvalue weighted by Gasteiger charge is -2.20. The molecule has 84 valence electrons. The maximum atomic E-state index is 3.59. The number of hydrogen-bond donors (Lipinski definition) is 0. The van der Waals surface area contributed by atoms with Crippen LogP contribution < -0.4 is 0 Å². The predicted octanol–water partition coefficient (Wildman–Crippen LogP) is 4.06. The van der Waals surface area contributed by atoms with E-state index in [1.54, 1.807) is 0 Å². The molecule has 3 heteroatoms. The van der Waals surface area contributed by atoms with Crippen LogP contribution >= 0.6 is 31.9 Å². The highest BCUT2D eigenvalue weighted by atomic mass is 79.9. The lowest BCUT2D eigenvalue weighted by Crippen LogP contribution is -2.24. The molecule has 0 heterocycles. The van der Waals surface area contributed by atoms with Gasteiger partial charge in [-0.3, -0.25) is 4.90 Å². The van der Waals surface area contributed by atoms with Crippen LogP contribution in [0.1, 0.15) is 18.9 Å². The Labute approximate surface area is 109 Å². The van der Waals surface area contributed by atoms with Gasteiger partial charge in [0.05, 0.1) is 0 Å². The van der Waals surface area contributed by atoms with Gasteiger partial charge in [-0.15, -0.1) is 0 Å². The highest BCUT2D eigenvalue weighted by Gasteiger charge is 2.05. The number of hydrogen-bond acceptors (Lipinski definition) is 1. The van der Waals surface area contributed by atoms with E-state index in [1.165, 1.54) is 16.5 Å². The Morgan fingerprint density at radius 1 is 1.27 bits per heavy atom. The summed E-state index contributed by atoms with van der Waals surface area (Å²) in [7, 11) is 0. The van der Waals surface area contributed by atoms with E-state index in [0.29, 0.717) is 0 Å². The van der Waals surface area contributed by atoms with Crippen LogP contribution in [0.25, 0.3) is 0 Å². The first-order valence-corrected chi connectivity index (χ1v) is 7.21. The van der Waals surface area contributed by atoms with Crippen molar-refractivity contribution in [3.63, 3.8) is 0 Å². The SMILES string of the molecule is CCN(CCCBr)Cc1ccccc1Br. The van der Waals surface area contributed by atoms with E-state index in [0.717, 1.165) is 25.0 Å². The summed E-state index contributed by atoms with van der Waals surface area (Å²) >= 11 is 7.06. The maximum absolute atomic E-state index is 3.59. The average molecular weight is 335 g/mol. The van der Waals surface area contributed by atoms with Crippen molar-refractivity contribution in [1.82, 2.24) is 4.90 Å². The fourth-order valence-electron chi connectivity index (χ4n) is 1.50. The van der Waals surface area contributed by atoms with Crippen LogP contribution in [-0.4, -0.2) is 23.3 Å². The van der Waals surface area contributed by atoms with Gasteiger partial charge < -0.3 is 0 Å². The van der Waals surface area contributed by atoms with E-state index < -0.39 is 0 Å². The Hall–Kier alpha value is 0.140. The summed E-state index contributed by atoms with van der Waals surface area (Å²) in [5.41, 5.74) is 1.37. The van der Waals surface area contributed by atoms with Crippen LogP contribution in [0.4, 0.5) is 0 Å². The Balaban J connectivity index is 2.54. The van der Waals surface area contributed by atoms with E-state index in [9.17, 15) is 0 Å². The van der Waals surface area contributed by atoms with Crippen molar-refractivity contribution in [2.45, 2.75) is 19.9 Å². The molecule has 0 aliphatic rings. The summed E-state index contributed by atoms with van der Waals surface area (Å²) in [6.07, 6.45) is 1.21. The molecule has 0 aliphatic carbocycles. The number of rotatable bonds is 6. The van der Waals surface area contributed by atoms with Gasteiger partial charge in [-0.05, 0) is 31.1 Å². The van der Waals surface area contributed by atoms with E-state index in [4.69, 9.17) is 0 Å². The minimum absolute atomic E-state index is 1.03. The Morgan fingerprint density at radius 2 is 2.00 bits per heavy atom. The van der Waals surface area contributed by atoms with Crippen molar-refractivity contribution in [3.05, 3.63) is 34.3 Å². The molecule has 1 nitrogen and oxygen atoms in total. The quantitative estimate of drug-likeness (QED) is 0.709. The first-order valence-electron chi connectivity index (χ1n) is 5.29. The van der Waals surface area contributed by atoms with Gasteiger partial charge in [-0.25, -0.2) is 0 Å². The highest BCUT2D eigenvalue weighted by molar-refractivity contribution is 9.10. The fraction of sp³-hybridized carbons (Fsp3) is 0.500. The summed E-state index contributed by atoms with van der Waals surface area (Å²) in [5.74, 6) is 0. The molecule has 0 atom stereocenters. The van der Waals surface area contributed by atoms with Gasteiger partial charge in [0.25, 0.3) is 0 Å². The van der Waals surface area contributed by atoms with Gasteiger partial charge >= 0.3 is 0 Å². The summed E-state index contributed by atoms with van der Waals surface area (Å²) in [5, 5.41) is 1.08. The number of alkyl halides is 1. The molecule has 0 aromatic heterocycles. The third-order valence-corrected chi connectivity index (χ3v) is 3.74. The van der Waals surface area contributed by atoms with Gasteiger partial charge in [0.15, 0.2) is 0 Å². The molecular weight excluding hydrogens is 318 g/mol. The lowest BCUT2D eigenvalue weighted by atomic mass is 10.2. The second kappa shape index (κ2) is 7.42. The van der Waals surface area contributed by atoms with Crippen LogP contribution in [-0.2, 0) is 6.54 Å². The molecule has 0 fully saturated rings. The monoisotopic (exact) mass is 333 g/mol. The van der Waals surface area contributed by atoms with Crippen LogP contribution in [0.5, 0.6) is 0 Å². The molecule has 1 aromatic carbocycles. The highest BCUT2D eigenvalue weighted by Crippen LogP contribution is 2.17. The first kappa shape index (κ1) is 13.2. The van der Waals surface area contributed by atoms with Crippen molar-refractivity contribution in [2.75, 3.05) is 18.4 Å². The molecule has 0 aliphatic heterocycles. The molecular formula is C12H17Br2N. The molecule has 15 heavy (non-hydrogen) atoms. The van der Waals surface area contributed by atoms with Crippen LogP contribution in [0.15, 0.2) is 28.7 Å². The normalized spacial score (nSPS) is 10.9. The summed E-state index contributed by atoms with van der Waals surface area (Å²) in [6, 6.07) is 8.44. The zero-order valence-electron chi connectivity index (χ0n) is 9.05. The molecule has 0 saturated carbocycles. The van der Waals surface area contributed by atoms with E-state index in [2.05, 4.69) is 67.9 Å². The summed E-state index contributed by atoms with van der Waals surface area (Å²) in [4.78, 5) is 2.46. The van der Waals surface area contributed by atoms with Crippen molar-refractivity contribution >= 4 is 31.9 Å². The van der Waals surface area contributed by atoms with Crippen molar-refractivity contribution in [1.29, 1.82) is 0 Å². The molecule has 0 unspecified atom stereocenters. The van der Waals surface area contributed by atoms with E-state index in [-0.39, 0.29) is 0 Å². The molecule has 0 radical (unpaired) electrons. The second-order valence-corrected chi connectivity index (χ2v) is 5.15. The first-order chi connectivity index (χ1) is 7.27. The van der Waals surface area contributed by atoms with Crippen LogP contribution in [0.3, 0.4) is 0 Å². The summed E-state index contributed by atoms with van der Waals surface area (Å²) < 4.78 is 1.21. The van der Waals surface area contributed by atoms with Crippen LogP contribution in [0.2, 0.25) is 0 Å². The van der Waals surface area contributed by atoms with Crippen molar-refractivity contribution in [2.24, 2.45) is 0 Å². The van der Waals surface area contributed by atoms with Crippen LogP contribution in [0, 0.1) is 0 Å². The zero-order valence-corrected chi connectivity index (χ0v) is 12.2. The van der Waals surface area contributed by atoms with Gasteiger partial charge in [0.2, 0.25) is 0 Å².